The van der Waals surface area contributed by atoms with Crippen LogP contribution in [-0.4, -0.2) is 33.9 Å². The molecule has 5 nitrogen and oxygen atoms in total. The van der Waals surface area contributed by atoms with Gasteiger partial charge in [0.15, 0.2) is 0 Å². The van der Waals surface area contributed by atoms with Crippen LogP contribution in [0.2, 0.25) is 0 Å². The third kappa shape index (κ3) is 3.74. The highest BCUT2D eigenvalue weighted by Crippen LogP contribution is 2.56. The van der Waals surface area contributed by atoms with Crippen LogP contribution >= 0.6 is 0 Å². The van der Waals surface area contributed by atoms with Crippen molar-refractivity contribution in [1.82, 2.24) is 5.32 Å². The van der Waals surface area contributed by atoms with E-state index in [0.29, 0.717) is 0 Å². The first-order chi connectivity index (χ1) is 12.9. The van der Waals surface area contributed by atoms with Crippen molar-refractivity contribution in [2.45, 2.75) is 25.3 Å². The summed E-state index contributed by atoms with van der Waals surface area (Å²) >= 11 is 0. The van der Waals surface area contributed by atoms with E-state index in [9.17, 15) is 8.42 Å². The van der Waals surface area contributed by atoms with E-state index in [4.69, 9.17) is 9.88 Å². The first-order valence-electron chi connectivity index (χ1n) is 9.37. The van der Waals surface area contributed by atoms with Gasteiger partial charge in [0.05, 0.1) is 12.9 Å². The Bertz CT molecular complexity index is 924. The molecular formula is C21H26N2O3S. The van der Waals surface area contributed by atoms with Crippen LogP contribution in [0.4, 0.5) is 0 Å². The highest BCUT2D eigenvalue weighted by molar-refractivity contribution is 7.89. The SMILES string of the molecule is COc1c(CC2NCC3(CC3)C2CS(N)(=O)=O)cccc1-c1ccccc1. The van der Waals surface area contributed by atoms with Crippen molar-refractivity contribution in [3.8, 4) is 16.9 Å². The fourth-order valence-electron chi connectivity index (χ4n) is 4.57. The molecular weight excluding hydrogens is 360 g/mol. The van der Waals surface area contributed by atoms with Crippen molar-refractivity contribution in [3.63, 3.8) is 0 Å². The number of para-hydroxylation sites is 1. The van der Waals surface area contributed by atoms with Gasteiger partial charge in [-0.25, -0.2) is 13.6 Å². The zero-order chi connectivity index (χ0) is 19.1. The Labute approximate surface area is 161 Å². The average Bonchev–Trinajstić information content (AvgIpc) is 3.37. The smallest absolute Gasteiger partial charge is 0.209 e. The molecule has 27 heavy (non-hydrogen) atoms. The molecule has 144 valence electrons. The molecule has 1 aliphatic heterocycles. The molecule has 4 rings (SSSR count). The van der Waals surface area contributed by atoms with Crippen molar-refractivity contribution < 1.29 is 13.2 Å². The van der Waals surface area contributed by atoms with Gasteiger partial charge in [-0.3, -0.25) is 0 Å². The van der Waals surface area contributed by atoms with Crippen LogP contribution in [0.1, 0.15) is 18.4 Å². The summed E-state index contributed by atoms with van der Waals surface area (Å²) in [6, 6.07) is 16.4. The summed E-state index contributed by atoms with van der Waals surface area (Å²) in [5.41, 5.74) is 3.36. The number of rotatable bonds is 6. The van der Waals surface area contributed by atoms with Crippen LogP contribution in [0.3, 0.4) is 0 Å². The van der Waals surface area contributed by atoms with E-state index in [1.165, 1.54) is 0 Å². The number of methoxy groups -OCH3 is 1. The minimum absolute atomic E-state index is 0.0470. The van der Waals surface area contributed by atoms with Crippen molar-refractivity contribution in [2.75, 3.05) is 19.4 Å². The van der Waals surface area contributed by atoms with E-state index in [0.717, 1.165) is 48.2 Å². The number of nitrogens with two attached hydrogens (primary N) is 1. The second kappa shape index (κ2) is 6.93. The Balaban J connectivity index is 1.64. The molecule has 1 aliphatic carbocycles. The van der Waals surface area contributed by atoms with E-state index >= 15 is 0 Å². The highest BCUT2D eigenvalue weighted by atomic mass is 32.2. The van der Waals surface area contributed by atoms with E-state index in [1.54, 1.807) is 7.11 Å². The molecule has 0 radical (unpaired) electrons. The highest BCUT2D eigenvalue weighted by Gasteiger charge is 2.56. The summed E-state index contributed by atoms with van der Waals surface area (Å²) in [4.78, 5) is 0. The van der Waals surface area contributed by atoms with Gasteiger partial charge < -0.3 is 10.1 Å². The van der Waals surface area contributed by atoms with E-state index in [1.807, 2.05) is 24.3 Å². The number of primary sulfonamides is 1. The molecule has 2 atom stereocenters. The molecule has 3 N–H and O–H groups in total. The molecule has 6 heteroatoms. The van der Waals surface area contributed by atoms with Gasteiger partial charge in [0.25, 0.3) is 0 Å². The Morgan fingerprint density at radius 2 is 1.89 bits per heavy atom. The lowest BCUT2D eigenvalue weighted by Gasteiger charge is -2.24. The van der Waals surface area contributed by atoms with Gasteiger partial charge in [-0.05, 0) is 41.7 Å². The minimum atomic E-state index is -3.50. The maximum atomic E-state index is 11.8. The van der Waals surface area contributed by atoms with Crippen molar-refractivity contribution in [3.05, 3.63) is 54.1 Å². The summed E-state index contributed by atoms with van der Waals surface area (Å²) in [6.07, 6.45) is 2.89. The van der Waals surface area contributed by atoms with E-state index in [-0.39, 0.29) is 23.1 Å². The molecule has 2 aromatic carbocycles. The predicted molar refractivity (Wildman–Crippen MR) is 107 cm³/mol. The number of benzene rings is 2. The van der Waals surface area contributed by atoms with Crippen molar-refractivity contribution in [1.29, 1.82) is 0 Å². The summed E-state index contributed by atoms with van der Waals surface area (Å²) < 4.78 is 29.4. The number of sulfonamides is 1. The number of hydrogen-bond acceptors (Lipinski definition) is 4. The molecule has 0 bridgehead atoms. The first-order valence-corrected chi connectivity index (χ1v) is 11.1. The molecule has 1 saturated carbocycles. The first kappa shape index (κ1) is 18.5. The van der Waals surface area contributed by atoms with Crippen molar-refractivity contribution in [2.24, 2.45) is 16.5 Å². The maximum Gasteiger partial charge on any atom is 0.209 e. The van der Waals surface area contributed by atoms with Gasteiger partial charge in [0.2, 0.25) is 10.0 Å². The van der Waals surface area contributed by atoms with Crippen LogP contribution in [0.5, 0.6) is 5.75 Å². The van der Waals surface area contributed by atoms with E-state index < -0.39 is 10.0 Å². The van der Waals surface area contributed by atoms with Gasteiger partial charge in [0.1, 0.15) is 5.75 Å². The minimum Gasteiger partial charge on any atom is -0.496 e. The lowest BCUT2D eigenvalue weighted by molar-refractivity contribution is 0.367. The summed E-state index contributed by atoms with van der Waals surface area (Å²) in [5, 5.41) is 8.96. The van der Waals surface area contributed by atoms with Crippen LogP contribution in [-0.2, 0) is 16.4 Å². The topological polar surface area (TPSA) is 81.4 Å². The molecule has 0 aromatic heterocycles. The largest absolute Gasteiger partial charge is 0.496 e. The Morgan fingerprint density at radius 3 is 2.52 bits per heavy atom. The maximum absolute atomic E-state index is 11.8. The Hall–Kier alpha value is -1.89. The number of hydrogen-bond donors (Lipinski definition) is 2. The molecule has 2 fully saturated rings. The van der Waals surface area contributed by atoms with Gasteiger partial charge in [-0.2, -0.15) is 0 Å². The molecule has 2 aromatic rings. The fourth-order valence-corrected chi connectivity index (χ4v) is 5.66. The third-order valence-corrected chi connectivity index (χ3v) is 6.94. The predicted octanol–water partition coefficient (Wildman–Crippen LogP) is 2.56. The van der Waals surface area contributed by atoms with Crippen LogP contribution < -0.4 is 15.2 Å². The quantitative estimate of drug-likeness (QED) is 0.799. The Kier molecular flexibility index (Phi) is 4.74. The van der Waals surface area contributed by atoms with Gasteiger partial charge >= 0.3 is 0 Å². The normalized spacial score (nSPS) is 23.5. The zero-order valence-corrected chi connectivity index (χ0v) is 16.3. The zero-order valence-electron chi connectivity index (χ0n) is 15.5. The summed E-state index contributed by atoms with van der Waals surface area (Å²) in [7, 11) is -1.81. The molecule has 2 aliphatic rings. The van der Waals surface area contributed by atoms with E-state index in [2.05, 4.69) is 29.6 Å². The lowest BCUT2D eigenvalue weighted by Crippen LogP contribution is -2.36. The molecule has 1 heterocycles. The second-order valence-corrected chi connectivity index (χ2v) is 9.51. The molecule has 2 unspecified atom stereocenters. The third-order valence-electron chi connectivity index (χ3n) is 6.12. The molecule has 1 spiro atoms. The van der Waals surface area contributed by atoms with Crippen LogP contribution in [0.15, 0.2) is 48.5 Å². The summed E-state index contributed by atoms with van der Waals surface area (Å²) in [5.74, 6) is 0.958. The Morgan fingerprint density at radius 1 is 1.15 bits per heavy atom. The van der Waals surface area contributed by atoms with Gasteiger partial charge in [-0.1, -0.05) is 48.5 Å². The van der Waals surface area contributed by atoms with Gasteiger partial charge in [0, 0.05) is 18.2 Å². The monoisotopic (exact) mass is 386 g/mol. The number of ether oxygens (including phenoxy) is 1. The van der Waals surface area contributed by atoms with Crippen LogP contribution in [0.25, 0.3) is 11.1 Å². The number of nitrogens with one attached hydrogen (secondary N) is 1. The lowest BCUT2D eigenvalue weighted by atomic mass is 9.86. The van der Waals surface area contributed by atoms with Gasteiger partial charge in [-0.15, -0.1) is 0 Å². The molecule has 0 amide bonds. The molecule has 1 saturated heterocycles. The second-order valence-electron chi connectivity index (χ2n) is 7.85. The van der Waals surface area contributed by atoms with Crippen molar-refractivity contribution >= 4 is 10.0 Å². The van der Waals surface area contributed by atoms with Crippen LogP contribution in [0, 0.1) is 11.3 Å². The average molecular weight is 387 g/mol. The fraction of sp³-hybridized carbons (Fsp3) is 0.429. The summed E-state index contributed by atoms with van der Waals surface area (Å²) in [6.45, 7) is 0.874. The standard InChI is InChI=1S/C21H26N2O3S/c1-26-20-16(8-5-9-17(20)15-6-3-2-4-7-15)12-19-18(13-27(22,24)25)21(10-11-21)14-23-19/h2-9,18-19,23H,10-14H2,1H3,(H2,22,24,25).